The van der Waals surface area contributed by atoms with Crippen LogP contribution in [0, 0.1) is 12.8 Å². The van der Waals surface area contributed by atoms with Crippen LogP contribution in [0.25, 0.3) is 10.9 Å². The summed E-state index contributed by atoms with van der Waals surface area (Å²) in [5, 5.41) is 12.6. The summed E-state index contributed by atoms with van der Waals surface area (Å²) in [6, 6.07) is 7.33. The molecule has 0 atom stereocenters. The first kappa shape index (κ1) is 15.0. The van der Waals surface area contributed by atoms with Gasteiger partial charge in [0, 0.05) is 21.6 Å². The van der Waals surface area contributed by atoms with Gasteiger partial charge in [0.15, 0.2) is 0 Å². The van der Waals surface area contributed by atoms with Crippen molar-refractivity contribution >= 4 is 38.7 Å². The molecule has 1 aliphatic rings. The molecule has 6 heteroatoms. The van der Waals surface area contributed by atoms with Crippen molar-refractivity contribution in [3.05, 3.63) is 40.0 Å². The van der Waals surface area contributed by atoms with Crippen LogP contribution in [0.2, 0.25) is 0 Å². The first-order valence-corrected chi connectivity index (χ1v) is 7.84. The third kappa shape index (κ3) is 2.83. The molecule has 1 aromatic heterocycles. The van der Waals surface area contributed by atoms with Crippen LogP contribution in [0.4, 0.5) is 0 Å². The van der Waals surface area contributed by atoms with Crippen LogP contribution >= 0.6 is 15.9 Å². The molecule has 1 fully saturated rings. The molecule has 2 N–H and O–H groups in total. The molecule has 0 saturated heterocycles. The molecule has 1 aromatic carbocycles. The van der Waals surface area contributed by atoms with Crippen molar-refractivity contribution in [1.29, 1.82) is 0 Å². The number of fused-ring (bicyclic) bond motifs is 1. The number of aromatic nitrogens is 1. The van der Waals surface area contributed by atoms with Crippen LogP contribution < -0.4 is 5.32 Å². The maximum atomic E-state index is 12.5. The minimum absolute atomic E-state index is 0.0655. The van der Waals surface area contributed by atoms with E-state index in [1.54, 1.807) is 6.07 Å². The summed E-state index contributed by atoms with van der Waals surface area (Å²) in [6.45, 7) is 1.85. The fourth-order valence-electron chi connectivity index (χ4n) is 2.72. The highest BCUT2D eigenvalue weighted by Crippen LogP contribution is 2.28. The van der Waals surface area contributed by atoms with Crippen LogP contribution in [0.3, 0.4) is 0 Å². The van der Waals surface area contributed by atoms with Crippen molar-refractivity contribution in [1.82, 2.24) is 10.3 Å². The maximum absolute atomic E-state index is 12.5. The number of carbonyl (C=O) groups is 2. The number of aliphatic carboxylic acids is 1. The Morgan fingerprint density at radius 1 is 1.32 bits per heavy atom. The van der Waals surface area contributed by atoms with Crippen LogP contribution in [0.15, 0.2) is 28.7 Å². The normalized spacial score (nSPS) is 20.5. The number of carbonyl (C=O) groups excluding carboxylic acids is 1. The molecule has 1 heterocycles. The topological polar surface area (TPSA) is 79.3 Å². The van der Waals surface area contributed by atoms with Gasteiger partial charge in [0.1, 0.15) is 0 Å². The van der Waals surface area contributed by atoms with Gasteiger partial charge in [0.25, 0.3) is 5.91 Å². The summed E-state index contributed by atoms with van der Waals surface area (Å²) in [5.74, 6) is -1.31. The van der Waals surface area contributed by atoms with Gasteiger partial charge in [-0.1, -0.05) is 15.9 Å². The molecular weight excluding hydrogens is 348 g/mol. The van der Waals surface area contributed by atoms with Gasteiger partial charge in [0.2, 0.25) is 0 Å². The second kappa shape index (κ2) is 5.68. The van der Waals surface area contributed by atoms with E-state index in [4.69, 9.17) is 5.11 Å². The quantitative estimate of drug-likeness (QED) is 0.879. The number of carboxylic acid groups (broad SMARTS) is 1. The lowest BCUT2D eigenvalue weighted by Crippen LogP contribution is -2.46. The van der Waals surface area contributed by atoms with Crippen molar-refractivity contribution < 1.29 is 14.7 Å². The average Bonchev–Trinajstić information content (AvgIpc) is 2.41. The number of nitrogens with one attached hydrogen (secondary N) is 1. The van der Waals surface area contributed by atoms with E-state index in [0.717, 1.165) is 21.1 Å². The van der Waals surface area contributed by atoms with E-state index in [2.05, 4.69) is 26.2 Å². The third-order valence-electron chi connectivity index (χ3n) is 3.97. The lowest BCUT2D eigenvalue weighted by Gasteiger charge is -2.32. The van der Waals surface area contributed by atoms with E-state index < -0.39 is 5.97 Å². The van der Waals surface area contributed by atoms with Gasteiger partial charge in [0.05, 0.1) is 17.0 Å². The summed E-state index contributed by atoms with van der Waals surface area (Å²) >= 11 is 3.41. The van der Waals surface area contributed by atoms with E-state index in [9.17, 15) is 9.59 Å². The SMILES string of the molecule is Cc1cc(C(=O)NC2CC(C(=O)O)C2)c2cc(Br)ccc2n1. The monoisotopic (exact) mass is 362 g/mol. The zero-order chi connectivity index (χ0) is 15.9. The lowest BCUT2D eigenvalue weighted by atomic mass is 9.80. The molecule has 0 spiro atoms. The number of rotatable bonds is 3. The second-order valence-corrected chi connectivity index (χ2v) is 6.57. The number of pyridine rings is 1. The lowest BCUT2D eigenvalue weighted by molar-refractivity contribution is -0.145. The molecule has 0 unspecified atom stereocenters. The zero-order valence-corrected chi connectivity index (χ0v) is 13.6. The highest BCUT2D eigenvalue weighted by molar-refractivity contribution is 9.10. The Morgan fingerprint density at radius 2 is 2.05 bits per heavy atom. The third-order valence-corrected chi connectivity index (χ3v) is 4.46. The number of carboxylic acids is 1. The Bertz CT molecular complexity index is 769. The number of hydrogen-bond donors (Lipinski definition) is 2. The number of hydrogen-bond acceptors (Lipinski definition) is 3. The van der Waals surface area contributed by atoms with Crippen LogP contribution in [-0.2, 0) is 4.79 Å². The summed E-state index contributed by atoms with van der Waals surface area (Å²) in [6.07, 6.45) is 0.986. The standard InChI is InChI=1S/C16H15BrN2O3/c1-8-4-13(12-7-10(17)2-3-14(12)18-8)15(20)19-11-5-9(6-11)16(21)22/h2-4,7,9,11H,5-6H2,1H3,(H,19,20)(H,21,22). The van der Waals surface area contributed by atoms with E-state index in [1.165, 1.54) is 0 Å². The Morgan fingerprint density at radius 3 is 2.73 bits per heavy atom. The smallest absolute Gasteiger partial charge is 0.306 e. The van der Waals surface area contributed by atoms with Crippen LogP contribution in [0.5, 0.6) is 0 Å². The van der Waals surface area contributed by atoms with Gasteiger partial charge in [-0.25, -0.2) is 0 Å². The fourth-order valence-corrected chi connectivity index (χ4v) is 3.08. The first-order chi connectivity index (χ1) is 10.4. The highest BCUT2D eigenvalue weighted by atomic mass is 79.9. The predicted molar refractivity (Wildman–Crippen MR) is 85.8 cm³/mol. The molecule has 3 rings (SSSR count). The Balaban J connectivity index is 1.85. The largest absolute Gasteiger partial charge is 0.481 e. The van der Waals surface area contributed by atoms with Crippen molar-refractivity contribution in [3.63, 3.8) is 0 Å². The number of nitrogens with zero attached hydrogens (tertiary/aromatic N) is 1. The van der Waals surface area contributed by atoms with Gasteiger partial charge in [-0.05, 0) is 44.0 Å². The summed E-state index contributed by atoms with van der Waals surface area (Å²) in [4.78, 5) is 27.7. The van der Waals surface area contributed by atoms with E-state index in [0.29, 0.717) is 18.4 Å². The van der Waals surface area contributed by atoms with E-state index in [1.807, 2.05) is 25.1 Å². The summed E-state index contributed by atoms with van der Waals surface area (Å²) in [5.41, 5.74) is 2.12. The van der Waals surface area contributed by atoms with Crippen LogP contribution in [0.1, 0.15) is 28.9 Å². The molecule has 0 bridgehead atoms. The molecule has 0 aliphatic heterocycles. The minimum Gasteiger partial charge on any atom is -0.481 e. The van der Waals surface area contributed by atoms with Gasteiger partial charge in [-0.15, -0.1) is 0 Å². The minimum atomic E-state index is -0.792. The Hall–Kier alpha value is -1.95. The van der Waals surface area contributed by atoms with Crippen molar-refractivity contribution in [3.8, 4) is 0 Å². The molecule has 1 saturated carbocycles. The highest BCUT2D eigenvalue weighted by Gasteiger charge is 2.35. The van der Waals surface area contributed by atoms with Gasteiger partial charge < -0.3 is 10.4 Å². The van der Waals surface area contributed by atoms with Crippen molar-refractivity contribution in [2.75, 3.05) is 0 Å². The molecule has 1 aliphatic carbocycles. The van der Waals surface area contributed by atoms with Crippen molar-refractivity contribution in [2.45, 2.75) is 25.8 Å². The molecule has 22 heavy (non-hydrogen) atoms. The average molecular weight is 363 g/mol. The number of benzene rings is 1. The first-order valence-electron chi connectivity index (χ1n) is 7.04. The Labute approximate surface area is 135 Å². The van der Waals surface area contributed by atoms with Gasteiger partial charge in [-0.2, -0.15) is 0 Å². The van der Waals surface area contributed by atoms with Crippen LogP contribution in [-0.4, -0.2) is 28.0 Å². The Kier molecular flexibility index (Phi) is 3.87. The van der Waals surface area contributed by atoms with E-state index in [-0.39, 0.29) is 17.9 Å². The molecule has 5 nitrogen and oxygen atoms in total. The second-order valence-electron chi connectivity index (χ2n) is 5.65. The molecule has 114 valence electrons. The fraction of sp³-hybridized carbons (Fsp3) is 0.312. The maximum Gasteiger partial charge on any atom is 0.306 e. The summed E-state index contributed by atoms with van der Waals surface area (Å²) < 4.78 is 0.884. The predicted octanol–water partition coefficient (Wildman–Crippen LogP) is 2.90. The zero-order valence-electron chi connectivity index (χ0n) is 12.0. The van der Waals surface area contributed by atoms with Gasteiger partial charge >= 0.3 is 5.97 Å². The van der Waals surface area contributed by atoms with Gasteiger partial charge in [-0.3, -0.25) is 14.6 Å². The molecule has 2 aromatic rings. The molecule has 1 amide bonds. The molecule has 0 radical (unpaired) electrons. The molecular formula is C16H15BrN2O3. The van der Waals surface area contributed by atoms with Crippen molar-refractivity contribution in [2.24, 2.45) is 5.92 Å². The summed E-state index contributed by atoms with van der Waals surface area (Å²) in [7, 11) is 0. The number of halogens is 1. The number of amides is 1. The number of aryl methyl sites for hydroxylation is 1. The van der Waals surface area contributed by atoms with E-state index >= 15 is 0 Å².